The number of hydrogen-bond donors (Lipinski definition) is 0. The summed E-state index contributed by atoms with van der Waals surface area (Å²) in [4.78, 5) is 21.3. The van der Waals surface area contributed by atoms with Gasteiger partial charge in [-0.15, -0.1) is 0 Å². The van der Waals surface area contributed by atoms with Gasteiger partial charge >= 0.3 is 0 Å². The molecule has 1 aliphatic carbocycles. The largest absolute Gasteiger partial charge is 0.458 e. The molecule has 1 unspecified atom stereocenters. The van der Waals surface area contributed by atoms with E-state index in [2.05, 4.69) is 0 Å². The van der Waals surface area contributed by atoms with Crippen LogP contribution in [0.1, 0.15) is 41.5 Å². The number of hydrogen-bond acceptors (Lipinski definition) is 3. The smallest absolute Gasteiger partial charge is 0.185 e. The zero-order chi connectivity index (χ0) is 9.26. The summed E-state index contributed by atoms with van der Waals surface area (Å²) in [7, 11) is 0. The molecule has 13 heavy (non-hydrogen) atoms. The van der Waals surface area contributed by atoms with Crippen LogP contribution in [0.25, 0.3) is 0 Å². The predicted molar refractivity (Wildman–Crippen MR) is 45.7 cm³/mol. The van der Waals surface area contributed by atoms with Gasteiger partial charge in [-0.2, -0.15) is 0 Å². The van der Waals surface area contributed by atoms with Crippen molar-refractivity contribution in [1.29, 1.82) is 0 Å². The first kappa shape index (κ1) is 8.23. The Kier molecular flexibility index (Phi) is 2.00. The second-order valence-electron chi connectivity index (χ2n) is 3.34. The van der Waals surface area contributed by atoms with Crippen molar-refractivity contribution in [2.75, 3.05) is 0 Å². The molecule has 3 heteroatoms. The van der Waals surface area contributed by atoms with Gasteiger partial charge in [0.25, 0.3) is 0 Å². The van der Waals surface area contributed by atoms with Gasteiger partial charge in [0.1, 0.15) is 11.5 Å². The maximum absolute atomic E-state index is 11.0. The number of aldehydes is 1. The average molecular weight is 178 g/mol. The number of carbonyl (C=O) groups excluding carboxylic acids is 2. The molecule has 2 rings (SSSR count). The van der Waals surface area contributed by atoms with Crippen molar-refractivity contribution in [2.45, 2.75) is 25.2 Å². The van der Waals surface area contributed by atoms with Gasteiger partial charge in [0.15, 0.2) is 12.0 Å². The minimum atomic E-state index is 0.196. The molecule has 68 valence electrons. The summed E-state index contributed by atoms with van der Waals surface area (Å²) in [5, 5.41) is 0. The molecule has 3 nitrogen and oxygen atoms in total. The van der Waals surface area contributed by atoms with Crippen molar-refractivity contribution in [2.24, 2.45) is 0 Å². The van der Waals surface area contributed by atoms with Crippen LogP contribution in [0.3, 0.4) is 0 Å². The third kappa shape index (κ3) is 1.54. The van der Waals surface area contributed by atoms with Crippen LogP contribution < -0.4 is 0 Å². The van der Waals surface area contributed by atoms with Crippen molar-refractivity contribution >= 4 is 12.1 Å². The lowest BCUT2D eigenvalue weighted by Gasteiger charge is -2.01. The molecule has 0 aliphatic heterocycles. The number of carbonyl (C=O) groups is 2. The fourth-order valence-electron chi connectivity index (χ4n) is 1.71. The van der Waals surface area contributed by atoms with Crippen LogP contribution in [0.5, 0.6) is 0 Å². The molecular weight excluding hydrogens is 168 g/mol. The summed E-state index contributed by atoms with van der Waals surface area (Å²) < 4.78 is 5.24. The lowest BCUT2D eigenvalue weighted by atomic mass is 10.1. The highest BCUT2D eigenvalue weighted by Crippen LogP contribution is 2.32. The molecule has 0 spiro atoms. The number of ketones is 1. The van der Waals surface area contributed by atoms with E-state index in [1.807, 2.05) is 0 Å². The van der Waals surface area contributed by atoms with E-state index in [4.69, 9.17) is 4.42 Å². The predicted octanol–water partition coefficient (Wildman–Crippen LogP) is 1.93. The second-order valence-corrected chi connectivity index (χ2v) is 3.34. The van der Waals surface area contributed by atoms with Crippen molar-refractivity contribution < 1.29 is 14.0 Å². The Morgan fingerprint density at radius 1 is 1.46 bits per heavy atom. The molecule has 1 heterocycles. The van der Waals surface area contributed by atoms with Crippen LogP contribution >= 0.6 is 0 Å². The molecule has 1 fully saturated rings. The normalized spacial score (nSPS) is 22.2. The van der Waals surface area contributed by atoms with Crippen LogP contribution in [0.2, 0.25) is 0 Å². The van der Waals surface area contributed by atoms with E-state index in [1.165, 1.54) is 0 Å². The molecule has 1 saturated carbocycles. The first-order valence-electron chi connectivity index (χ1n) is 4.36. The monoisotopic (exact) mass is 178 g/mol. The molecule has 0 radical (unpaired) electrons. The summed E-state index contributed by atoms with van der Waals surface area (Å²) >= 11 is 0. The van der Waals surface area contributed by atoms with Gasteiger partial charge in [-0.3, -0.25) is 9.59 Å². The minimum absolute atomic E-state index is 0.196. The maximum Gasteiger partial charge on any atom is 0.185 e. The highest BCUT2D eigenvalue weighted by atomic mass is 16.3. The fourth-order valence-corrected chi connectivity index (χ4v) is 1.71. The van der Waals surface area contributed by atoms with Gasteiger partial charge in [-0.25, -0.2) is 0 Å². The Bertz CT molecular complexity index is 338. The Balaban J connectivity index is 2.16. The van der Waals surface area contributed by atoms with Crippen LogP contribution in [-0.2, 0) is 4.79 Å². The summed E-state index contributed by atoms with van der Waals surface area (Å²) in [5.41, 5.74) is 0. The summed E-state index contributed by atoms with van der Waals surface area (Å²) in [5.74, 6) is 1.59. The van der Waals surface area contributed by atoms with Gasteiger partial charge in [0.05, 0.1) is 0 Å². The molecule has 1 aromatic rings. The van der Waals surface area contributed by atoms with E-state index >= 15 is 0 Å². The standard InChI is InChI=1S/C10H10O3/c11-6-9-3-4-10(13-9)7-1-2-8(12)5-7/h3-4,6-7H,1-2,5H2. The highest BCUT2D eigenvalue weighted by molar-refractivity contribution is 5.81. The zero-order valence-corrected chi connectivity index (χ0v) is 7.16. The maximum atomic E-state index is 11.0. The van der Waals surface area contributed by atoms with Crippen molar-refractivity contribution in [3.8, 4) is 0 Å². The number of Topliss-reactive ketones (excluding diaryl/α,β-unsaturated/α-hetero) is 1. The Morgan fingerprint density at radius 2 is 2.31 bits per heavy atom. The van der Waals surface area contributed by atoms with Crippen LogP contribution in [-0.4, -0.2) is 12.1 Å². The van der Waals surface area contributed by atoms with E-state index < -0.39 is 0 Å². The fraction of sp³-hybridized carbons (Fsp3) is 0.400. The van der Waals surface area contributed by atoms with E-state index in [0.29, 0.717) is 24.9 Å². The van der Waals surface area contributed by atoms with Crippen molar-refractivity contribution in [3.63, 3.8) is 0 Å². The Labute approximate surface area is 75.7 Å². The number of furan rings is 1. The van der Waals surface area contributed by atoms with Crippen molar-refractivity contribution in [3.05, 3.63) is 23.7 Å². The summed E-state index contributed by atoms with van der Waals surface area (Å²) in [6.45, 7) is 0. The third-order valence-corrected chi connectivity index (χ3v) is 2.41. The quantitative estimate of drug-likeness (QED) is 0.650. The molecule has 0 saturated heterocycles. The topological polar surface area (TPSA) is 47.3 Å². The van der Waals surface area contributed by atoms with Gasteiger partial charge in [0, 0.05) is 18.8 Å². The molecular formula is C10H10O3. The van der Waals surface area contributed by atoms with Crippen LogP contribution in [0, 0.1) is 0 Å². The molecule has 0 amide bonds. The van der Waals surface area contributed by atoms with Gasteiger partial charge in [0.2, 0.25) is 0 Å². The number of rotatable bonds is 2. The van der Waals surface area contributed by atoms with E-state index in [1.54, 1.807) is 12.1 Å². The van der Waals surface area contributed by atoms with E-state index in [0.717, 1.165) is 12.2 Å². The summed E-state index contributed by atoms with van der Waals surface area (Å²) in [6, 6.07) is 3.43. The van der Waals surface area contributed by atoms with Gasteiger partial charge < -0.3 is 4.42 Å². The lowest BCUT2D eigenvalue weighted by molar-refractivity contribution is -0.117. The van der Waals surface area contributed by atoms with Crippen LogP contribution in [0.15, 0.2) is 16.5 Å². The third-order valence-electron chi connectivity index (χ3n) is 2.41. The van der Waals surface area contributed by atoms with E-state index in [9.17, 15) is 9.59 Å². The Morgan fingerprint density at radius 3 is 2.85 bits per heavy atom. The van der Waals surface area contributed by atoms with Gasteiger partial charge in [-0.1, -0.05) is 0 Å². The lowest BCUT2D eigenvalue weighted by Crippen LogP contribution is -1.91. The first-order valence-corrected chi connectivity index (χ1v) is 4.36. The molecule has 1 atom stereocenters. The van der Waals surface area contributed by atoms with Gasteiger partial charge in [-0.05, 0) is 18.6 Å². The molecule has 0 aromatic carbocycles. The summed E-state index contributed by atoms with van der Waals surface area (Å²) in [6.07, 6.45) is 2.73. The highest BCUT2D eigenvalue weighted by Gasteiger charge is 2.25. The minimum Gasteiger partial charge on any atom is -0.458 e. The molecule has 1 aromatic heterocycles. The average Bonchev–Trinajstić information content (AvgIpc) is 2.71. The van der Waals surface area contributed by atoms with Crippen molar-refractivity contribution in [1.82, 2.24) is 0 Å². The molecule has 0 bridgehead atoms. The first-order chi connectivity index (χ1) is 6.29. The Hall–Kier alpha value is -1.38. The SMILES string of the molecule is O=Cc1ccc(C2CCC(=O)C2)o1. The van der Waals surface area contributed by atoms with E-state index in [-0.39, 0.29) is 11.7 Å². The molecule has 1 aliphatic rings. The molecule has 0 N–H and O–H groups in total. The van der Waals surface area contributed by atoms with Crippen LogP contribution in [0.4, 0.5) is 0 Å². The zero-order valence-electron chi connectivity index (χ0n) is 7.16. The second kappa shape index (κ2) is 3.17.